The molecular formula is C17H14N4S. The van der Waals surface area contributed by atoms with Crippen LogP contribution in [0.3, 0.4) is 0 Å². The molecular weight excluding hydrogens is 292 g/mol. The molecule has 108 valence electrons. The molecule has 0 aliphatic rings. The number of fused-ring (bicyclic) bond motifs is 1. The van der Waals surface area contributed by atoms with Gasteiger partial charge in [0.1, 0.15) is 5.65 Å². The van der Waals surface area contributed by atoms with Crippen molar-refractivity contribution in [1.82, 2.24) is 15.0 Å². The van der Waals surface area contributed by atoms with E-state index < -0.39 is 0 Å². The van der Waals surface area contributed by atoms with E-state index in [-0.39, 0.29) is 0 Å². The van der Waals surface area contributed by atoms with Gasteiger partial charge in [0.05, 0.1) is 5.69 Å². The number of nitrogens with zero attached hydrogens (tertiary/aromatic N) is 3. The van der Waals surface area contributed by atoms with Crippen molar-refractivity contribution in [2.45, 2.75) is 0 Å². The zero-order chi connectivity index (χ0) is 14.9. The van der Waals surface area contributed by atoms with E-state index in [1.165, 1.54) is 0 Å². The molecule has 0 aliphatic heterocycles. The first-order valence-corrected chi connectivity index (χ1v) is 7.87. The molecule has 0 fully saturated rings. The maximum Gasteiger partial charge on any atom is 0.190 e. The van der Waals surface area contributed by atoms with Crippen LogP contribution in [-0.4, -0.2) is 22.0 Å². The summed E-state index contributed by atoms with van der Waals surface area (Å²) in [5, 5.41) is 4.17. The molecule has 0 aliphatic carbocycles. The van der Waals surface area contributed by atoms with E-state index in [9.17, 15) is 0 Å². The van der Waals surface area contributed by atoms with Gasteiger partial charge in [-0.2, -0.15) is 0 Å². The maximum absolute atomic E-state index is 4.79. The quantitative estimate of drug-likeness (QED) is 0.608. The lowest BCUT2D eigenvalue weighted by atomic mass is 10.1. The van der Waals surface area contributed by atoms with E-state index in [0.29, 0.717) is 0 Å². The zero-order valence-electron chi connectivity index (χ0n) is 12.0. The molecule has 0 saturated heterocycles. The Balaban J connectivity index is 1.74. The van der Waals surface area contributed by atoms with E-state index in [2.05, 4.69) is 32.4 Å². The van der Waals surface area contributed by atoms with Gasteiger partial charge < -0.3 is 9.88 Å². The van der Waals surface area contributed by atoms with Crippen LogP contribution in [0.15, 0.2) is 60.2 Å². The van der Waals surface area contributed by atoms with Crippen LogP contribution in [0.4, 0.5) is 10.8 Å². The lowest BCUT2D eigenvalue weighted by Gasteiger charge is -2.15. The zero-order valence-corrected chi connectivity index (χ0v) is 12.8. The SMILES string of the molecule is CN(c1ccccc1)c1nc(-c2ccnc3[nH]ccc23)cs1. The molecule has 1 N–H and O–H groups in total. The molecule has 5 heteroatoms. The molecule has 22 heavy (non-hydrogen) atoms. The van der Waals surface area contributed by atoms with Crippen molar-refractivity contribution in [1.29, 1.82) is 0 Å². The standard InChI is InChI=1S/C17H14N4S/c1-21(12-5-3-2-4-6-12)17-20-15(11-22-17)13-7-9-18-16-14(13)8-10-19-16/h2-11H,1H3,(H,18,19). The Kier molecular flexibility index (Phi) is 3.12. The van der Waals surface area contributed by atoms with Crippen molar-refractivity contribution in [2.75, 3.05) is 11.9 Å². The first kappa shape index (κ1) is 13.0. The highest BCUT2D eigenvalue weighted by atomic mass is 32.1. The number of anilines is 2. The molecule has 1 aromatic carbocycles. The van der Waals surface area contributed by atoms with Gasteiger partial charge in [0, 0.05) is 41.5 Å². The van der Waals surface area contributed by atoms with E-state index >= 15 is 0 Å². The van der Waals surface area contributed by atoms with Crippen LogP contribution in [0.5, 0.6) is 0 Å². The maximum atomic E-state index is 4.79. The van der Waals surface area contributed by atoms with E-state index in [0.717, 1.165) is 33.1 Å². The van der Waals surface area contributed by atoms with Gasteiger partial charge in [-0.25, -0.2) is 9.97 Å². The third kappa shape index (κ3) is 2.16. The second-order valence-electron chi connectivity index (χ2n) is 5.01. The lowest BCUT2D eigenvalue weighted by Crippen LogP contribution is -2.08. The molecule has 0 amide bonds. The smallest absolute Gasteiger partial charge is 0.190 e. The third-order valence-corrected chi connectivity index (χ3v) is 4.58. The summed E-state index contributed by atoms with van der Waals surface area (Å²) in [6.07, 6.45) is 3.72. The summed E-state index contributed by atoms with van der Waals surface area (Å²) in [6, 6.07) is 14.3. The minimum absolute atomic E-state index is 0.892. The average molecular weight is 306 g/mol. The van der Waals surface area contributed by atoms with E-state index in [1.54, 1.807) is 11.3 Å². The summed E-state index contributed by atoms with van der Waals surface area (Å²) in [6.45, 7) is 0. The van der Waals surface area contributed by atoms with Crippen molar-refractivity contribution in [3.05, 3.63) is 60.2 Å². The largest absolute Gasteiger partial charge is 0.346 e. The molecule has 0 unspecified atom stereocenters. The number of para-hydroxylation sites is 1. The Bertz CT molecular complexity index is 910. The highest BCUT2D eigenvalue weighted by molar-refractivity contribution is 7.14. The molecule has 3 aromatic heterocycles. The molecule has 0 radical (unpaired) electrons. The minimum Gasteiger partial charge on any atom is -0.346 e. The predicted molar refractivity (Wildman–Crippen MR) is 91.7 cm³/mol. The van der Waals surface area contributed by atoms with Gasteiger partial charge in [0.25, 0.3) is 0 Å². The molecule has 0 spiro atoms. The molecule has 0 atom stereocenters. The summed E-state index contributed by atoms with van der Waals surface area (Å²) in [7, 11) is 2.04. The highest BCUT2D eigenvalue weighted by Crippen LogP contribution is 2.33. The van der Waals surface area contributed by atoms with Crippen LogP contribution in [0.1, 0.15) is 0 Å². The topological polar surface area (TPSA) is 44.8 Å². The number of nitrogens with one attached hydrogen (secondary N) is 1. The molecule has 4 aromatic rings. The van der Waals surface area contributed by atoms with Crippen LogP contribution in [0.2, 0.25) is 0 Å². The summed E-state index contributed by atoms with van der Waals surface area (Å²) < 4.78 is 0. The molecule has 0 saturated carbocycles. The molecule has 4 rings (SSSR count). The highest BCUT2D eigenvalue weighted by Gasteiger charge is 2.12. The fraction of sp³-hybridized carbons (Fsp3) is 0.0588. The van der Waals surface area contributed by atoms with Crippen LogP contribution >= 0.6 is 11.3 Å². The fourth-order valence-corrected chi connectivity index (χ4v) is 3.30. The summed E-state index contributed by atoms with van der Waals surface area (Å²) in [5.74, 6) is 0. The number of aromatic nitrogens is 3. The molecule has 0 bridgehead atoms. The van der Waals surface area contributed by atoms with Gasteiger partial charge in [0.15, 0.2) is 5.13 Å². The molecule has 3 heterocycles. The average Bonchev–Trinajstić information content (AvgIpc) is 3.24. The second kappa shape index (κ2) is 5.27. The summed E-state index contributed by atoms with van der Waals surface area (Å²) in [5.41, 5.74) is 4.11. The third-order valence-electron chi connectivity index (χ3n) is 3.66. The monoisotopic (exact) mass is 306 g/mol. The van der Waals surface area contributed by atoms with Gasteiger partial charge in [-0.05, 0) is 24.3 Å². The normalized spacial score (nSPS) is 11.0. The predicted octanol–water partition coefficient (Wildman–Crippen LogP) is 4.45. The van der Waals surface area contributed by atoms with Crippen LogP contribution in [0, 0.1) is 0 Å². The Morgan fingerprint density at radius 2 is 1.95 bits per heavy atom. The van der Waals surface area contributed by atoms with Gasteiger partial charge in [-0.15, -0.1) is 11.3 Å². The lowest BCUT2D eigenvalue weighted by molar-refractivity contribution is 1.17. The Labute approximate surface area is 132 Å². The van der Waals surface area contributed by atoms with Gasteiger partial charge >= 0.3 is 0 Å². The second-order valence-corrected chi connectivity index (χ2v) is 5.84. The van der Waals surface area contributed by atoms with Crippen LogP contribution in [-0.2, 0) is 0 Å². The van der Waals surface area contributed by atoms with Gasteiger partial charge in [-0.1, -0.05) is 18.2 Å². The van der Waals surface area contributed by atoms with E-state index in [4.69, 9.17) is 4.98 Å². The van der Waals surface area contributed by atoms with E-state index in [1.807, 2.05) is 49.8 Å². The number of hydrogen-bond acceptors (Lipinski definition) is 4. The number of rotatable bonds is 3. The number of H-pyrrole nitrogens is 1. The summed E-state index contributed by atoms with van der Waals surface area (Å²) in [4.78, 5) is 14.4. The Hall–Kier alpha value is -2.66. The van der Waals surface area contributed by atoms with Gasteiger partial charge in [0.2, 0.25) is 0 Å². The van der Waals surface area contributed by atoms with Crippen LogP contribution in [0.25, 0.3) is 22.3 Å². The number of pyridine rings is 1. The van der Waals surface area contributed by atoms with Crippen LogP contribution < -0.4 is 4.90 Å². The number of benzene rings is 1. The number of hydrogen-bond donors (Lipinski definition) is 1. The van der Waals surface area contributed by atoms with Crippen molar-refractivity contribution >= 4 is 33.2 Å². The first-order chi connectivity index (χ1) is 10.8. The number of thiazole rings is 1. The summed E-state index contributed by atoms with van der Waals surface area (Å²) >= 11 is 1.64. The van der Waals surface area contributed by atoms with Crippen molar-refractivity contribution in [2.24, 2.45) is 0 Å². The van der Waals surface area contributed by atoms with Crippen molar-refractivity contribution < 1.29 is 0 Å². The first-order valence-electron chi connectivity index (χ1n) is 7.00. The molecule has 4 nitrogen and oxygen atoms in total. The van der Waals surface area contributed by atoms with Gasteiger partial charge in [-0.3, -0.25) is 0 Å². The van der Waals surface area contributed by atoms with Crippen molar-refractivity contribution in [3.8, 4) is 11.3 Å². The fourth-order valence-electron chi connectivity index (χ4n) is 2.49. The van der Waals surface area contributed by atoms with Crippen molar-refractivity contribution in [3.63, 3.8) is 0 Å². The number of aromatic amines is 1. The Morgan fingerprint density at radius 1 is 1.09 bits per heavy atom. The minimum atomic E-state index is 0.892. The Morgan fingerprint density at radius 3 is 2.82 bits per heavy atom.